The van der Waals surface area contributed by atoms with Gasteiger partial charge < -0.3 is 10.1 Å². The molecule has 21 heavy (non-hydrogen) atoms. The van der Waals surface area contributed by atoms with E-state index >= 15 is 0 Å². The van der Waals surface area contributed by atoms with Crippen molar-refractivity contribution < 1.29 is 4.74 Å². The number of hydrogen-bond acceptors (Lipinski definition) is 4. The van der Waals surface area contributed by atoms with E-state index in [4.69, 9.17) is 9.72 Å². The Hall–Kier alpha value is -1.91. The highest BCUT2D eigenvalue weighted by molar-refractivity contribution is 7.15. The largest absolute Gasteiger partial charge is 0.496 e. The zero-order valence-corrected chi connectivity index (χ0v) is 12.7. The number of fused-ring (bicyclic) bond motifs is 2. The van der Waals surface area contributed by atoms with Crippen LogP contribution in [0.25, 0.3) is 21.3 Å². The van der Waals surface area contributed by atoms with Gasteiger partial charge in [0.25, 0.3) is 0 Å². The van der Waals surface area contributed by atoms with Crippen LogP contribution in [0.15, 0.2) is 36.4 Å². The molecule has 0 radical (unpaired) electrons. The Bertz CT molecular complexity index is 786. The first kappa shape index (κ1) is 12.8. The van der Waals surface area contributed by atoms with Crippen LogP contribution in [0.3, 0.4) is 0 Å². The maximum atomic E-state index is 5.47. The Balaban J connectivity index is 1.92. The Morgan fingerprint density at radius 1 is 1.14 bits per heavy atom. The lowest BCUT2D eigenvalue weighted by molar-refractivity contribution is 0.420. The molecule has 1 N–H and O–H groups in total. The molecule has 4 rings (SSSR count). The summed E-state index contributed by atoms with van der Waals surface area (Å²) in [6.07, 6.45) is 1.03. The van der Waals surface area contributed by atoms with Crippen LogP contribution in [0, 0.1) is 0 Å². The van der Waals surface area contributed by atoms with Gasteiger partial charge in [-0.3, -0.25) is 0 Å². The van der Waals surface area contributed by atoms with Crippen molar-refractivity contribution >= 4 is 22.1 Å². The van der Waals surface area contributed by atoms with E-state index in [2.05, 4.69) is 29.6 Å². The molecule has 0 atom stereocenters. The average molecular weight is 296 g/mol. The van der Waals surface area contributed by atoms with Gasteiger partial charge in [-0.15, -0.1) is 11.3 Å². The number of aromatic nitrogens is 1. The third kappa shape index (κ3) is 2.11. The van der Waals surface area contributed by atoms with Crippen LogP contribution in [-0.4, -0.2) is 18.6 Å². The Morgan fingerprint density at radius 2 is 2.00 bits per heavy atom. The number of rotatable bonds is 2. The Morgan fingerprint density at radius 3 is 2.81 bits per heavy atom. The van der Waals surface area contributed by atoms with Crippen LogP contribution in [0.4, 0.5) is 0 Å². The van der Waals surface area contributed by atoms with Crippen LogP contribution in [0.5, 0.6) is 5.75 Å². The molecule has 0 bridgehead atoms. The first-order valence-electron chi connectivity index (χ1n) is 7.12. The van der Waals surface area contributed by atoms with E-state index in [0.717, 1.165) is 35.7 Å². The lowest BCUT2D eigenvalue weighted by atomic mass is 10.0. The second-order valence-electron chi connectivity index (χ2n) is 5.18. The molecule has 0 amide bonds. The number of nitrogens with one attached hydrogen (secondary N) is 1. The van der Waals surface area contributed by atoms with Gasteiger partial charge in [0.1, 0.15) is 10.8 Å². The summed E-state index contributed by atoms with van der Waals surface area (Å²) in [5.74, 6) is 0.914. The number of methoxy groups -OCH3 is 1. The summed E-state index contributed by atoms with van der Waals surface area (Å²) in [5, 5.41) is 6.87. The monoisotopic (exact) mass is 296 g/mol. The first-order valence-corrected chi connectivity index (χ1v) is 7.94. The van der Waals surface area contributed by atoms with E-state index < -0.39 is 0 Å². The van der Waals surface area contributed by atoms with Crippen molar-refractivity contribution in [2.45, 2.75) is 13.0 Å². The van der Waals surface area contributed by atoms with E-state index in [1.807, 2.05) is 12.1 Å². The van der Waals surface area contributed by atoms with Crippen LogP contribution in [0.2, 0.25) is 0 Å². The van der Waals surface area contributed by atoms with Crippen molar-refractivity contribution in [3.05, 3.63) is 47.0 Å². The maximum absolute atomic E-state index is 5.47. The third-order valence-electron chi connectivity index (χ3n) is 3.94. The van der Waals surface area contributed by atoms with Crippen LogP contribution < -0.4 is 10.1 Å². The molecule has 2 aromatic carbocycles. The average Bonchev–Trinajstić information content (AvgIpc) is 2.97. The van der Waals surface area contributed by atoms with Crippen molar-refractivity contribution in [3.63, 3.8) is 0 Å². The summed E-state index contributed by atoms with van der Waals surface area (Å²) in [5.41, 5.74) is 2.46. The maximum Gasteiger partial charge on any atom is 0.126 e. The van der Waals surface area contributed by atoms with Crippen molar-refractivity contribution in [1.29, 1.82) is 0 Å². The van der Waals surface area contributed by atoms with E-state index in [1.54, 1.807) is 18.4 Å². The van der Waals surface area contributed by atoms with Gasteiger partial charge in [0.05, 0.1) is 12.8 Å². The quantitative estimate of drug-likeness (QED) is 0.784. The highest BCUT2D eigenvalue weighted by atomic mass is 32.1. The van der Waals surface area contributed by atoms with Gasteiger partial charge in [0.2, 0.25) is 0 Å². The number of ether oxygens (including phenoxy) is 1. The second kappa shape index (κ2) is 5.13. The molecular formula is C17H16N2OS. The van der Waals surface area contributed by atoms with Crippen molar-refractivity contribution in [1.82, 2.24) is 10.3 Å². The molecule has 0 fully saturated rings. The Kier molecular flexibility index (Phi) is 3.13. The minimum atomic E-state index is 0.914. The molecule has 0 spiro atoms. The van der Waals surface area contributed by atoms with Crippen molar-refractivity contribution in [3.8, 4) is 16.3 Å². The standard InChI is InChI=1S/C17H16N2OS/c1-20-15-7-6-13(11-4-2-3-5-12(11)15)17-19-14-8-9-18-10-16(14)21-17/h2-7,18H,8-10H2,1H3. The minimum absolute atomic E-state index is 0.914. The summed E-state index contributed by atoms with van der Waals surface area (Å²) in [6.45, 7) is 1.97. The van der Waals surface area contributed by atoms with Crippen LogP contribution in [-0.2, 0) is 13.0 Å². The first-order chi connectivity index (χ1) is 10.4. The van der Waals surface area contributed by atoms with Gasteiger partial charge in [-0.25, -0.2) is 4.98 Å². The lowest BCUT2D eigenvalue weighted by Crippen LogP contribution is -2.22. The molecule has 0 aliphatic carbocycles. The van der Waals surface area contributed by atoms with Gasteiger partial charge in [-0.1, -0.05) is 24.3 Å². The molecule has 3 aromatic rings. The van der Waals surface area contributed by atoms with E-state index in [0.29, 0.717) is 0 Å². The van der Waals surface area contributed by atoms with Gasteiger partial charge in [0.15, 0.2) is 0 Å². The smallest absolute Gasteiger partial charge is 0.126 e. The van der Waals surface area contributed by atoms with Crippen molar-refractivity contribution in [2.24, 2.45) is 0 Å². The molecule has 106 valence electrons. The van der Waals surface area contributed by atoms with Gasteiger partial charge >= 0.3 is 0 Å². The molecule has 2 heterocycles. The molecule has 1 aliphatic rings. The lowest BCUT2D eigenvalue weighted by Gasteiger charge is -2.09. The zero-order valence-electron chi connectivity index (χ0n) is 11.8. The topological polar surface area (TPSA) is 34.1 Å². The van der Waals surface area contributed by atoms with Gasteiger partial charge in [-0.2, -0.15) is 0 Å². The molecule has 4 heteroatoms. The summed E-state index contributed by atoms with van der Waals surface area (Å²) < 4.78 is 5.47. The summed E-state index contributed by atoms with van der Waals surface area (Å²) in [6, 6.07) is 12.5. The van der Waals surface area contributed by atoms with E-state index in [9.17, 15) is 0 Å². The van der Waals surface area contributed by atoms with Gasteiger partial charge in [-0.05, 0) is 17.5 Å². The molecule has 3 nitrogen and oxygen atoms in total. The highest BCUT2D eigenvalue weighted by Gasteiger charge is 2.17. The number of benzene rings is 2. The van der Waals surface area contributed by atoms with Crippen LogP contribution in [0.1, 0.15) is 10.6 Å². The minimum Gasteiger partial charge on any atom is -0.496 e. The normalized spacial score (nSPS) is 14.1. The fourth-order valence-corrected chi connectivity index (χ4v) is 3.99. The SMILES string of the molecule is COc1ccc(-c2nc3c(s2)CNCC3)c2ccccc12. The van der Waals surface area contributed by atoms with E-state index in [1.165, 1.54) is 21.5 Å². The summed E-state index contributed by atoms with van der Waals surface area (Å²) >= 11 is 1.80. The van der Waals surface area contributed by atoms with Crippen LogP contribution >= 0.6 is 11.3 Å². The fraction of sp³-hybridized carbons (Fsp3) is 0.235. The molecule has 0 saturated carbocycles. The highest BCUT2D eigenvalue weighted by Crippen LogP contribution is 2.37. The number of thiazole rings is 1. The van der Waals surface area contributed by atoms with E-state index in [-0.39, 0.29) is 0 Å². The number of nitrogens with zero attached hydrogens (tertiary/aromatic N) is 1. The summed E-state index contributed by atoms with van der Waals surface area (Å²) in [4.78, 5) is 6.24. The van der Waals surface area contributed by atoms with Crippen molar-refractivity contribution in [2.75, 3.05) is 13.7 Å². The number of hydrogen-bond donors (Lipinski definition) is 1. The third-order valence-corrected chi connectivity index (χ3v) is 5.07. The molecule has 1 aromatic heterocycles. The predicted octanol–water partition coefficient (Wildman–Crippen LogP) is 3.62. The molecule has 0 unspecified atom stereocenters. The zero-order chi connectivity index (χ0) is 14.2. The second-order valence-corrected chi connectivity index (χ2v) is 6.26. The van der Waals surface area contributed by atoms with Gasteiger partial charge in [0, 0.05) is 35.3 Å². The molecule has 1 aliphatic heterocycles. The Labute approximate surface area is 127 Å². The predicted molar refractivity (Wildman–Crippen MR) is 87.0 cm³/mol. The molecule has 0 saturated heterocycles. The fourth-order valence-electron chi connectivity index (χ4n) is 2.88. The molecular weight excluding hydrogens is 280 g/mol. The summed E-state index contributed by atoms with van der Waals surface area (Å²) in [7, 11) is 1.72.